The van der Waals surface area contributed by atoms with Crippen LogP contribution in [0.1, 0.15) is 37.8 Å². The van der Waals surface area contributed by atoms with E-state index in [0.29, 0.717) is 35.1 Å². The monoisotopic (exact) mass is 504 g/mol. The molecule has 1 fully saturated rings. The van der Waals surface area contributed by atoms with E-state index in [2.05, 4.69) is 0 Å². The van der Waals surface area contributed by atoms with Crippen molar-refractivity contribution in [3.63, 3.8) is 0 Å². The second-order valence-electron chi connectivity index (χ2n) is 7.42. The maximum absolute atomic E-state index is 13.0. The van der Waals surface area contributed by atoms with Gasteiger partial charge in [0, 0.05) is 25.0 Å². The second kappa shape index (κ2) is 10.8. The predicted molar refractivity (Wildman–Crippen MR) is 129 cm³/mol. The maximum atomic E-state index is 13.0. The van der Waals surface area contributed by atoms with Crippen molar-refractivity contribution in [2.45, 2.75) is 26.7 Å². The van der Waals surface area contributed by atoms with Crippen LogP contribution >= 0.6 is 23.2 Å². The van der Waals surface area contributed by atoms with Gasteiger partial charge >= 0.3 is 11.9 Å². The highest BCUT2D eigenvalue weighted by atomic mass is 35.5. The molecule has 1 saturated carbocycles. The summed E-state index contributed by atoms with van der Waals surface area (Å²) in [5.74, 6) is -0.344. The molecule has 0 amide bonds. The average molecular weight is 505 g/mol. The first-order valence-electron chi connectivity index (χ1n) is 10.2. The Morgan fingerprint density at radius 2 is 1.15 bits per heavy atom. The predicted octanol–water partition coefficient (Wildman–Crippen LogP) is 5.69. The maximum Gasteiger partial charge on any atom is 0.308 e. The molecule has 0 spiro atoms. The largest absolute Gasteiger partial charge is 0.493 e. The van der Waals surface area contributed by atoms with Crippen LogP contribution in [0.5, 0.6) is 23.0 Å². The third kappa shape index (κ3) is 5.79. The van der Waals surface area contributed by atoms with Crippen molar-refractivity contribution in [2.24, 2.45) is 0 Å². The standard InChI is InChI=1S/C25H22Cl2O7/c1-13(28)33-24-19(26)9-15(11-21(24)31-3)7-17-5-6-18(23(17)30)8-16-10-20(27)25(34-14(2)29)22(12-16)32-4/h7-12H,5-6H2,1-4H3. The molecule has 1 aliphatic carbocycles. The molecule has 7 nitrogen and oxygen atoms in total. The van der Waals surface area contributed by atoms with Gasteiger partial charge in [0.15, 0.2) is 28.8 Å². The van der Waals surface area contributed by atoms with E-state index in [1.165, 1.54) is 28.1 Å². The van der Waals surface area contributed by atoms with Gasteiger partial charge in [0.25, 0.3) is 0 Å². The molecule has 0 saturated heterocycles. The molecule has 34 heavy (non-hydrogen) atoms. The molecule has 178 valence electrons. The van der Waals surface area contributed by atoms with E-state index < -0.39 is 11.9 Å². The van der Waals surface area contributed by atoms with Crippen LogP contribution in [-0.2, 0) is 14.4 Å². The van der Waals surface area contributed by atoms with Crippen LogP contribution in [0.3, 0.4) is 0 Å². The molecule has 1 aliphatic rings. The summed E-state index contributed by atoms with van der Waals surface area (Å²) in [6.45, 7) is 2.53. The van der Waals surface area contributed by atoms with Gasteiger partial charge in [0.2, 0.25) is 0 Å². The van der Waals surface area contributed by atoms with Crippen LogP contribution in [0.15, 0.2) is 35.4 Å². The third-order valence-corrected chi connectivity index (χ3v) is 5.49. The normalized spacial score (nSPS) is 15.5. The lowest BCUT2D eigenvalue weighted by Crippen LogP contribution is -2.04. The van der Waals surface area contributed by atoms with Gasteiger partial charge in [-0.1, -0.05) is 23.2 Å². The van der Waals surface area contributed by atoms with E-state index >= 15 is 0 Å². The van der Waals surface area contributed by atoms with E-state index in [4.69, 9.17) is 42.1 Å². The minimum absolute atomic E-state index is 0.113. The summed E-state index contributed by atoms with van der Waals surface area (Å²) in [7, 11) is 2.87. The van der Waals surface area contributed by atoms with Crippen LogP contribution in [0.25, 0.3) is 12.2 Å². The zero-order chi connectivity index (χ0) is 25.0. The second-order valence-corrected chi connectivity index (χ2v) is 8.24. The smallest absolute Gasteiger partial charge is 0.308 e. The molecule has 0 unspecified atom stereocenters. The fourth-order valence-corrected chi connectivity index (χ4v) is 4.03. The molecule has 0 radical (unpaired) electrons. The van der Waals surface area contributed by atoms with E-state index in [1.807, 2.05) is 0 Å². The lowest BCUT2D eigenvalue weighted by molar-refractivity contribution is -0.132. The first-order chi connectivity index (χ1) is 16.1. The molecule has 0 bridgehead atoms. The quantitative estimate of drug-likeness (QED) is 0.283. The first-order valence-corrected chi connectivity index (χ1v) is 11.0. The van der Waals surface area contributed by atoms with Crippen molar-refractivity contribution < 1.29 is 33.3 Å². The van der Waals surface area contributed by atoms with E-state index in [-0.39, 0.29) is 38.8 Å². The molecular formula is C25H22Cl2O7. The fraction of sp³-hybridized carbons (Fsp3) is 0.240. The molecule has 9 heteroatoms. The van der Waals surface area contributed by atoms with Gasteiger partial charge in [0.1, 0.15) is 0 Å². The Labute approximate surface area is 206 Å². The van der Waals surface area contributed by atoms with Crippen molar-refractivity contribution in [3.05, 3.63) is 56.6 Å². The highest BCUT2D eigenvalue weighted by Crippen LogP contribution is 2.40. The van der Waals surface area contributed by atoms with E-state index in [9.17, 15) is 14.4 Å². The van der Waals surface area contributed by atoms with Gasteiger partial charge in [0.05, 0.1) is 24.3 Å². The molecule has 2 aromatic rings. The topological polar surface area (TPSA) is 88.1 Å². The Morgan fingerprint density at radius 3 is 1.47 bits per heavy atom. The Hall–Kier alpha value is -3.29. The summed E-state index contributed by atoms with van der Waals surface area (Å²) >= 11 is 12.5. The molecule has 2 aromatic carbocycles. The number of rotatable bonds is 6. The van der Waals surface area contributed by atoms with Crippen LogP contribution in [0.2, 0.25) is 10.0 Å². The summed E-state index contributed by atoms with van der Waals surface area (Å²) < 4.78 is 20.8. The van der Waals surface area contributed by atoms with Gasteiger partial charge in [-0.05, 0) is 60.4 Å². The minimum Gasteiger partial charge on any atom is -0.493 e. The van der Waals surface area contributed by atoms with Crippen LogP contribution < -0.4 is 18.9 Å². The van der Waals surface area contributed by atoms with Crippen molar-refractivity contribution in [2.75, 3.05) is 14.2 Å². The number of halogens is 2. The molecular weight excluding hydrogens is 483 g/mol. The number of ether oxygens (including phenoxy) is 4. The number of esters is 2. The number of allylic oxidation sites excluding steroid dienone is 2. The molecule has 0 atom stereocenters. The summed E-state index contributed by atoms with van der Waals surface area (Å²) in [6, 6.07) is 6.49. The molecule has 0 aromatic heterocycles. The number of hydrogen-bond acceptors (Lipinski definition) is 7. The average Bonchev–Trinajstić information content (AvgIpc) is 3.10. The third-order valence-electron chi connectivity index (χ3n) is 4.92. The zero-order valence-corrected chi connectivity index (χ0v) is 20.5. The summed E-state index contributed by atoms with van der Waals surface area (Å²) in [6.07, 6.45) is 4.53. The highest BCUT2D eigenvalue weighted by Gasteiger charge is 2.24. The molecule has 3 rings (SSSR count). The summed E-state index contributed by atoms with van der Waals surface area (Å²) in [5.41, 5.74) is 2.47. The fourth-order valence-electron chi connectivity index (χ4n) is 3.51. The van der Waals surface area contributed by atoms with Crippen molar-refractivity contribution in [1.82, 2.24) is 0 Å². The van der Waals surface area contributed by atoms with Crippen LogP contribution in [0, 0.1) is 0 Å². The van der Waals surface area contributed by atoms with Crippen molar-refractivity contribution in [3.8, 4) is 23.0 Å². The molecule has 0 N–H and O–H groups in total. The van der Waals surface area contributed by atoms with Crippen LogP contribution in [0.4, 0.5) is 0 Å². The highest BCUT2D eigenvalue weighted by molar-refractivity contribution is 6.33. The lowest BCUT2D eigenvalue weighted by Gasteiger charge is -2.11. The van der Waals surface area contributed by atoms with E-state index in [1.54, 1.807) is 36.4 Å². The Kier molecular flexibility index (Phi) is 8.02. The summed E-state index contributed by atoms with van der Waals surface area (Å²) in [4.78, 5) is 35.6. The first kappa shape index (κ1) is 25.3. The van der Waals surface area contributed by atoms with Crippen LogP contribution in [-0.4, -0.2) is 31.9 Å². The van der Waals surface area contributed by atoms with Crippen molar-refractivity contribution >= 4 is 53.1 Å². The number of hydrogen-bond donors (Lipinski definition) is 0. The SMILES string of the molecule is COc1cc(C=C2CCC(=Cc3cc(Cl)c(OC(C)=O)c(OC)c3)C2=O)cc(Cl)c1OC(C)=O. The lowest BCUT2D eigenvalue weighted by atomic mass is 10.1. The number of carbonyl (C=O) groups excluding carboxylic acids is 3. The minimum atomic E-state index is -0.523. The van der Waals surface area contributed by atoms with Gasteiger partial charge in [-0.2, -0.15) is 0 Å². The van der Waals surface area contributed by atoms with Gasteiger partial charge in [-0.3, -0.25) is 14.4 Å². The Morgan fingerprint density at radius 1 is 0.765 bits per heavy atom. The van der Waals surface area contributed by atoms with Gasteiger partial charge < -0.3 is 18.9 Å². The number of ketones is 1. The number of benzene rings is 2. The molecule has 0 aliphatic heterocycles. The Balaban J connectivity index is 1.90. The molecule has 0 heterocycles. The zero-order valence-electron chi connectivity index (χ0n) is 19.0. The number of Topliss-reactive ketones (excluding diaryl/α,β-unsaturated/α-hetero) is 1. The number of carbonyl (C=O) groups is 3. The Bertz CT molecular complexity index is 1130. The summed E-state index contributed by atoms with van der Waals surface area (Å²) in [5, 5.41) is 0.384. The number of methoxy groups -OCH3 is 2. The van der Waals surface area contributed by atoms with E-state index in [0.717, 1.165) is 0 Å². The van der Waals surface area contributed by atoms with Gasteiger partial charge in [-0.15, -0.1) is 0 Å². The van der Waals surface area contributed by atoms with Crippen molar-refractivity contribution in [1.29, 1.82) is 0 Å². The van der Waals surface area contributed by atoms with Gasteiger partial charge in [-0.25, -0.2) is 0 Å².